The van der Waals surface area contributed by atoms with Crippen molar-refractivity contribution in [2.75, 3.05) is 0 Å². The summed E-state index contributed by atoms with van der Waals surface area (Å²) in [6.45, 7) is 10.3. The van der Waals surface area contributed by atoms with Crippen LogP contribution in [0.3, 0.4) is 0 Å². The minimum Gasteiger partial charge on any atom is -0.112 e. The molecule has 0 radical (unpaired) electrons. The first-order valence-corrected chi connectivity index (χ1v) is 31.9. The summed E-state index contributed by atoms with van der Waals surface area (Å²) in [6, 6.07) is 5.57. The normalized spacial score (nSPS) is 45.7. The van der Waals surface area contributed by atoms with Crippen molar-refractivity contribution in [2.45, 2.75) is 162 Å². The zero-order chi connectivity index (χ0) is 45.5. The van der Waals surface area contributed by atoms with Crippen LogP contribution >= 0.6 is 11.8 Å². The van der Waals surface area contributed by atoms with E-state index in [0.717, 1.165) is 0 Å². The van der Waals surface area contributed by atoms with Gasteiger partial charge < -0.3 is 0 Å². The second kappa shape index (κ2) is 7.57. The lowest BCUT2D eigenvalue weighted by atomic mass is 9.39. The Bertz CT molecular complexity index is 5630. The summed E-state index contributed by atoms with van der Waals surface area (Å²) in [7, 11) is 0. The van der Waals surface area contributed by atoms with E-state index in [1.165, 1.54) is 12.8 Å². The molecule has 11 aromatic carbocycles. The molecule has 1 saturated carbocycles. The van der Waals surface area contributed by atoms with Crippen LogP contribution < -0.4 is 0 Å². The van der Waals surface area contributed by atoms with Gasteiger partial charge in [-0.2, -0.15) is 0 Å². The standard InChI is InChI=1S/C74H40S/c1-9(2)7-11-5-6-12(8-10(3)4)72-67(11)73-68-59-51-41-31-23-15-13-14-17-21-19(15)27-35-29(21)39-33-25(17)26-18(14)22-20-16(13)24(23)32-38-28(20)36-30(22)40-34(26)44-43(33)55-49(39)57-47(35)53(45(51)37(27)31)61(68)63(57)70-65(55)66-56(44)50(40)58-48(36)54-46(38)52(42(32)41)60(59)69(73)62(54)64(58)71(66)74(70,73)75-72/h5-6,9-10,15,17,19,21,23,25,31,33,41-44,52,56,60,62,64,66,69,71H,7-8H2,1-4H3. The molecule has 0 nitrogen and oxygen atoms in total. The van der Waals surface area contributed by atoms with E-state index in [0.29, 0.717) is 130 Å². The van der Waals surface area contributed by atoms with Gasteiger partial charge in [-0.05, 0) is 368 Å². The fraction of sp³-hybridized carbons (Fsp3) is 0.405. The molecule has 2 spiro atoms. The highest BCUT2D eigenvalue weighted by Gasteiger charge is 2.90. The van der Waals surface area contributed by atoms with Crippen LogP contribution in [0.4, 0.5) is 0 Å². The Morgan fingerprint density at radius 3 is 1.04 bits per heavy atom. The van der Waals surface area contributed by atoms with Crippen molar-refractivity contribution in [1.29, 1.82) is 0 Å². The van der Waals surface area contributed by atoms with E-state index in [-0.39, 0.29) is 10.2 Å². The summed E-state index contributed by atoms with van der Waals surface area (Å²) in [5.74, 6) is 14.6. The fourth-order valence-corrected chi connectivity index (χ4v) is 35.5. The third-order valence-electron chi connectivity index (χ3n) is 31.8. The molecule has 1 aliphatic heterocycles. The Hall–Kier alpha value is -5.37. The van der Waals surface area contributed by atoms with E-state index in [1.54, 1.807) is 11.1 Å². The first kappa shape index (κ1) is 31.8. The van der Waals surface area contributed by atoms with Crippen molar-refractivity contribution in [1.82, 2.24) is 0 Å². The van der Waals surface area contributed by atoms with Gasteiger partial charge in [-0.15, -0.1) is 11.8 Å². The van der Waals surface area contributed by atoms with E-state index in [4.69, 9.17) is 0 Å². The molecule has 75 heavy (non-hydrogen) atoms. The average molecular weight is 961 g/mol. The second-order valence-corrected chi connectivity index (χ2v) is 33.6. The van der Waals surface area contributed by atoms with Gasteiger partial charge in [0.15, 0.2) is 0 Å². The summed E-state index contributed by atoms with van der Waals surface area (Å²) in [6.07, 6.45) is 2.45. The van der Waals surface area contributed by atoms with Gasteiger partial charge in [-0.3, -0.25) is 0 Å². The Balaban J connectivity index is 0.982. The zero-order valence-electron chi connectivity index (χ0n) is 41.7. The van der Waals surface area contributed by atoms with Crippen molar-refractivity contribution in [3.63, 3.8) is 0 Å². The van der Waals surface area contributed by atoms with Crippen molar-refractivity contribution >= 4 is 97.9 Å². The first-order valence-electron chi connectivity index (χ1n) is 31.1. The van der Waals surface area contributed by atoms with Crippen LogP contribution in [0.2, 0.25) is 0 Å². The van der Waals surface area contributed by atoms with E-state index in [2.05, 4.69) is 96.1 Å². The summed E-state index contributed by atoms with van der Waals surface area (Å²) in [5.41, 5.74) is 50.4. The molecule has 23 aliphatic rings. The van der Waals surface area contributed by atoms with Gasteiger partial charge in [-0.1, -0.05) is 39.8 Å². The highest BCUT2D eigenvalue weighted by Crippen LogP contribution is 3.01. The molecule has 34 rings (SSSR count). The third-order valence-corrected chi connectivity index (χ3v) is 33.5. The maximum absolute atomic E-state index is 2.82. The van der Waals surface area contributed by atoms with Gasteiger partial charge in [-0.25, -0.2) is 0 Å². The molecule has 0 aromatic heterocycles. The van der Waals surface area contributed by atoms with Crippen LogP contribution in [0.5, 0.6) is 0 Å². The summed E-state index contributed by atoms with van der Waals surface area (Å²) in [5, 5.41) is 30.9. The monoisotopic (exact) mass is 960 g/mol. The van der Waals surface area contributed by atoms with Crippen LogP contribution in [0, 0.1) is 23.7 Å². The highest BCUT2D eigenvalue weighted by molar-refractivity contribution is 8.00. The number of fused-ring (bicyclic) bond motifs is 1. The number of thioether (sulfide) groups is 1. The van der Waals surface area contributed by atoms with Gasteiger partial charge in [0.05, 0.1) is 4.75 Å². The summed E-state index contributed by atoms with van der Waals surface area (Å²) in [4.78, 5) is 1.85. The Labute approximate surface area is 432 Å². The summed E-state index contributed by atoms with van der Waals surface area (Å²) < 4.78 is 0.0433. The summed E-state index contributed by atoms with van der Waals surface area (Å²) >= 11 is 2.67. The highest BCUT2D eigenvalue weighted by atomic mass is 32.2. The molecule has 342 valence electrons. The minimum atomic E-state index is 0.0117. The quantitative estimate of drug-likeness (QED) is 0.158. The number of hydrogen-bond donors (Lipinski definition) is 0. The van der Waals surface area contributed by atoms with E-state index in [9.17, 15) is 0 Å². The van der Waals surface area contributed by atoms with Crippen LogP contribution in [-0.4, -0.2) is 0 Å². The molecule has 22 aliphatic carbocycles. The molecule has 11 aromatic rings. The molecule has 22 atom stereocenters. The third kappa shape index (κ3) is 1.87. The lowest BCUT2D eigenvalue weighted by Crippen LogP contribution is -2.62. The average Bonchev–Trinajstić information content (AvgIpc) is 4.19. The van der Waals surface area contributed by atoms with Crippen molar-refractivity contribution in [3.05, 3.63) is 140 Å². The lowest BCUT2D eigenvalue weighted by molar-refractivity contribution is 0.0337. The molecule has 0 saturated heterocycles. The van der Waals surface area contributed by atoms with Crippen molar-refractivity contribution in [3.8, 4) is 11.1 Å². The van der Waals surface area contributed by atoms with Crippen LogP contribution in [-0.2, 0) is 23.0 Å². The predicted octanol–water partition coefficient (Wildman–Crippen LogP) is 16.9. The molecule has 1 fully saturated rings. The molecule has 0 N–H and O–H groups in total. The predicted molar refractivity (Wildman–Crippen MR) is 294 cm³/mol. The Kier molecular flexibility index (Phi) is 3.21. The van der Waals surface area contributed by atoms with Crippen LogP contribution in [0.15, 0.2) is 17.0 Å². The fourth-order valence-electron chi connectivity index (χ4n) is 33.3. The SMILES string of the molecule is CC(C)Cc1ccc(CC(C)C)c2c1SC13c4c5c6c7c8c9c%10c%11c%12c%13c%14c%15c(c%16c%13c%10c7c4-%16)C21C1C%15C2c4c7c%10c%13c%15c%16c%17c%18c%19c%20c%21c%22c%23c(c4c4c%22c%19c%16c%104)C2C%14C%12C%23C%21C%11C9C%20C%18C8C6C%17C%15C5C3C%13C71. The maximum atomic E-state index is 2.82. The van der Waals surface area contributed by atoms with E-state index >= 15 is 0 Å². The van der Waals surface area contributed by atoms with Gasteiger partial charge in [0.2, 0.25) is 0 Å². The number of hydrogen-bond acceptors (Lipinski definition) is 1. The van der Waals surface area contributed by atoms with Crippen molar-refractivity contribution in [2.24, 2.45) is 23.7 Å². The van der Waals surface area contributed by atoms with Crippen LogP contribution in [0.25, 0.3) is 97.3 Å². The number of benzene rings is 10. The molecule has 1 heteroatoms. The van der Waals surface area contributed by atoms with Crippen molar-refractivity contribution < 1.29 is 0 Å². The number of rotatable bonds is 4. The minimum absolute atomic E-state index is 0.0117. The smallest absolute Gasteiger partial charge is 0.0645 e. The maximum Gasteiger partial charge on any atom is 0.0645 e. The zero-order valence-corrected chi connectivity index (χ0v) is 42.5. The molecule has 0 amide bonds. The first-order chi connectivity index (χ1) is 37.0. The molecular weight excluding hydrogens is 921 g/mol. The van der Waals surface area contributed by atoms with Crippen LogP contribution in [0.1, 0.15) is 262 Å². The van der Waals surface area contributed by atoms with E-state index < -0.39 is 0 Å². The Morgan fingerprint density at radius 1 is 0.307 bits per heavy atom. The molecule has 1 heterocycles. The second-order valence-electron chi connectivity index (χ2n) is 32.4. The van der Waals surface area contributed by atoms with E-state index in [1.807, 2.05) is 175 Å². The lowest BCUT2D eigenvalue weighted by Gasteiger charge is -2.65. The van der Waals surface area contributed by atoms with Gasteiger partial charge in [0.25, 0.3) is 0 Å². The molecule has 22 unspecified atom stereocenters. The van der Waals surface area contributed by atoms with Gasteiger partial charge in [0.1, 0.15) is 0 Å². The Morgan fingerprint density at radius 2 is 0.600 bits per heavy atom. The topological polar surface area (TPSA) is 0 Å². The van der Waals surface area contributed by atoms with Gasteiger partial charge >= 0.3 is 0 Å². The largest absolute Gasteiger partial charge is 0.112 e. The van der Waals surface area contributed by atoms with Gasteiger partial charge in [0, 0.05) is 10.3 Å². The molecular formula is C74H40S. The molecule has 0 bridgehead atoms.